The number of fused-ring (bicyclic) bond motifs is 1. The third-order valence-electron chi connectivity index (χ3n) is 4.27. The van der Waals surface area contributed by atoms with Gasteiger partial charge < -0.3 is 14.8 Å². The molecule has 0 saturated carbocycles. The van der Waals surface area contributed by atoms with Crippen molar-refractivity contribution in [3.05, 3.63) is 63.1 Å². The monoisotopic (exact) mass is 379 g/mol. The molecule has 25 heavy (non-hydrogen) atoms. The zero-order chi connectivity index (χ0) is 18.0. The van der Waals surface area contributed by atoms with Gasteiger partial charge in [-0.2, -0.15) is 0 Å². The zero-order valence-corrected chi connectivity index (χ0v) is 15.5. The maximum atomic E-state index is 11.7. The Hall–Kier alpha value is -1.91. The van der Waals surface area contributed by atoms with Crippen LogP contribution in [0.3, 0.4) is 0 Å². The number of hydrogen-bond acceptors (Lipinski definition) is 4. The van der Waals surface area contributed by atoms with E-state index >= 15 is 0 Å². The second-order valence-corrected chi connectivity index (χ2v) is 6.77. The van der Waals surface area contributed by atoms with E-state index in [1.807, 2.05) is 12.1 Å². The Morgan fingerprint density at radius 2 is 2.04 bits per heavy atom. The van der Waals surface area contributed by atoms with E-state index in [1.165, 1.54) is 0 Å². The summed E-state index contributed by atoms with van der Waals surface area (Å²) in [7, 11) is 0. The van der Waals surface area contributed by atoms with Gasteiger partial charge in [-0.25, -0.2) is 4.79 Å². The second-order valence-electron chi connectivity index (χ2n) is 5.93. The lowest BCUT2D eigenvalue weighted by atomic mass is 9.82. The van der Waals surface area contributed by atoms with E-state index in [-0.39, 0.29) is 12.5 Å². The van der Waals surface area contributed by atoms with Crippen LogP contribution in [-0.4, -0.2) is 19.0 Å². The Labute approximate surface area is 157 Å². The van der Waals surface area contributed by atoms with Gasteiger partial charge in [0.25, 0.3) is 0 Å². The van der Waals surface area contributed by atoms with Gasteiger partial charge in [0.15, 0.2) is 6.23 Å². The Morgan fingerprint density at radius 3 is 2.76 bits per heavy atom. The molecule has 2 unspecified atom stereocenters. The van der Waals surface area contributed by atoms with Crippen molar-refractivity contribution in [3.8, 4) is 0 Å². The number of nitrogens with one attached hydrogen (secondary N) is 1. The lowest BCUT2D eigenvalue weighted by Crippen LogP contribution is -2.33. The summed E-state index contributed by atoms with van der Waals surface area (Å²) in [5.41, 5.74) is 4.03. The molecule has 1 heterocycles. The number of hydrogen-bond donors (Lipinski definition) is 1. The lowest BCUT2D eigenvalue weighted by molar-refractivity contribution is 0.0301. The van der Waals surface area contributed by atoms with Crippen molar-refractivity contribution < 1.29 is 14.3 Å². The summed E-state index contributed by atoms with van der Waals surface area (Å²) >= 11 is 12.6. The molecule has 2 atom stereocenters. The summed E-state index contributed by atoms with van der Waals surface area (Å²) in [6.45, 7) is 4.06. The highest BCUT2D eigenvalue weighted by atomic mass is 35.5. The third kappa shape index (κ3) is 3.86. The van der Waals surface area contributed by atoms with Crippen LogP contribution in [0.5, 0.6) is 0 Å². The fourth-order valence-corrected chi connectivity index (χ4v) is 3.85. The number of carbonyl (C=O) groups excluding carboxylic acids is 1. The molecule has 0 aromatic heterocycles. The minimum atomic E-state index is -0.694. The Kier molecular flexibility index (Phi) is 5.40. The molecule has 132 valence electrons. The van der Waals surface area contributed by atoms with E-state index in [4.69, 9.17) is 32.7 Å². The van der Waals surface area contributed by atoms with Crippen molar-refractivity contribution in [1.29, 1.82) is 0 Å². The van der Waals surface area contributed by atoms with Crippen molar-refractivity contribution in [2.75, 3.05) is 11.9 Å². The quantitative estimate of drug-likeness (QED) is 0.689. The van der Waals surface area contributed by atoms with Crippen molar-refractivity contribution in [3.63, 3.8) is 0 Å². The van der Waals surface area contributed by atoms with Gasteiger partial charge >= 0.3 is 6.16 Å². The lowest BCUT2D eigenvalue weighted by Gasteiger charge is -2.34. The van der Waals surface area contributed by atoms with Crippen LogP contribution in [0.2, 0.25) is 10.0 Å². The second kappa shape index (κ2) is 7.54. The summed E-state index contributed by atoms with van der Waals surface area (Å²) in [6, 6.07) is 11.7. The van der Waals surface area contributed by atoms with E-state index in [2.05, 4.69) is 24.4 Å². The fourth-order valence-electron chi connectivity index (χ4n) is 3.23. The van der Waals surface area contributed by atoms with Crippen LogP contribution in [0.15, 0.2) is 36.4 Å². The molecule has 0 aliphatic carbocycles. The minimum Gasteiger partial charge on any atom is -0.435 e. The summed E-state index contributed by atoms with van der Waals surface area (Å²) in [5, 5.41) is 4.32. The first-order valence-electron chi connectivity index (χ1n) is 8.14. The van der Waals surface area contributed by atoms with Crippen molar-refractivity contribution in [1.82, 2.24) is 0 Å². The molecule has 0 bridgehead atoms. The SMILES string of the molecule is CCOC(=O)OC1CC(c2ccccc2C)c2c(Cl)cc(Cl)cc2N1. The maximum Gasteiger partial charge on any atom is 0.510 e. The topological polar surface area (TPSA) is 47.6 Å². The Balaban J connectivity index is 2.01. The average Bonchev–Trinajstić information content (AvgIpc) is 2.54. The van der Waals surface area contributed by atoms with Gasteiger partial charge in [0.05, 0.1) is 6.61 Å². The van der Waals surface area contributed by atoms with Crippen molar-refractivity contribution in [2.45, 2.75) is 32.4 Å². The van der Waals surface area contributed by atoms with Crippen LogP contribution < -0.4 is 5.32 Å². The van der Waals surface area contributed by atoms with Crippen molar-refractivity contribution in [2.24, 2.45) is 0 Å². The number of rotatable bonds is 3. The average molecular weight is 380 g/mol. The normalized spacial score (nSPS) is 18.9. The molecule has 0 fully saturated rings. The van der Waals surface area contributed by atoms with E-state index in [0.29, 0.717) is 16.5 Å². The smallest absolute Gasteiger partial charge is 0.435 e. The largest absolute Gasteiger partial charge is 0.510 e. The molecule has 0 saturated heterocycles. The number of ether oxygens (including phenoxy) is 2. The highest BCUT2D eigenvalue weighted by molar-refractivity contribution is 6.35. The van der Waals surface area contributed by atoms with Gasteiger partial charge in [0.1, 0.15) is 0 Å². The highest BCUT2D eigenvalue weighted by Gasteiger charge is 2.33. The van der Waals surface area contributed by atoms with Gasteiger partial charge in [-0.1, -0.05) is 47.5 Å². The summed E-state index contributed by atoms with van der Waals surface area (Å²) in [4.78, 5) is 11.7. The van der Waals surface area contributed by atoms with Gasteiger partial charge in [-0.3, -0.25) is 0 Å². The molecule has 1 aliphatic heterocycles. The minimum absolute atomic E-state index is 0.0124. The maximum absolute atomic E-state index is 11.7. The summed E-state index contributed by atoms with van der Waals surface area (Å²) < 4.78 is 10.3. The van der Waals surface area contributed by atoms with Crippen molar-refractivity contribution >= 4 is 35.0 Å². The van der Waals surface area contributed by atoms with Crippen LogP contribution in [-0.2, 0) is 9.47 Å². The third-order valence-corrected chi connectivity index (χ3v) is 4.80. The number of aryl methyl sites for hydroxylation is 1. The predicted molar refractivity (Wildman–Crippen MR) is 99.6 cm³/mol. The van der Waals surface area contributed by atoms with E-state index in [1.54, 1.807) is 19.1 Å². The molecule has 3 rings (SSSR count). The van der Waals surface area contributed by atoms with E-state index < -0.39 is 12.4 Å². The van der Waals surface area contributed by atoms with Gasteiger partial charge in [0.2, 0.25) is 0 Å². The first-order chi connectivity index (χ1) is 12.0. The fraction of sp³-hybridized carbons (Fsp3) is 0.316. The Bertz CT molecular complexity index is 794. The van der Waals surface area contributed by atoms with Crippen LogP contribution in [0.1, 0.15) is 36.0 Å². The Morgan fingerprint density at radius 1 is 1.28 bits per heavy atom. The molecule has 2 aromatic rings. The van der Waals surface area contributed by atoms with E-state index in [9.17, 15) is 4.79 Å². The van der Waals surface area contributed by atoms with Gasteiger partial charge in [-0.05, 0) is 37.1 Å². The molecule has 1 N–H and O–H groups in total. The molecule has 1 aliphatic rings. The standard InChI is InChI=1S/C19H19Cl2NO3/c1-3-24-19(23)25-17-10-14(13-7-5-4-6-11(13)2)18-15(21)8-12(20)9-16(18)22-17/h4-9,14,17,22H,3,10H2,1-2H3. The van der Waals surface area contributed by atoms with Crippen LogP contribution in [0.25, 0.3) is 0 Å². The molecule has 4 nitrogen and oxygen atoms in total. The molecule has 2 aromatic carbocycles. The molecule has 0 spiro atoms. The molecular formula is C19H19Cl2NO3. The van der Waals surface area contributed by atoms with Gasteiger partial charge in [0, 0.05) is 33.6 Å². The number of carbonyl (C=O) groups is 1. The van der Waals surface area contributed by atoms with E-state index in [0.717, 1.165) is 22.4 Å². The molecule has 6 heteroatoms. The molecule has 0 amide bonds. The highest BCUT2D eigenvalue weighted by Crippen LogP contribution is 2.45. The predicted octanol–water partition coefficient (Wildman–Crippen LogP) is 5.75. The number of benzene rings is 2. The first-order valence-corrected chi connectivity index (χ1v) is 8.89. The zero-order valence-electron chi connectivity index (χ0n) is 14.0. The van der Waals surface area contributed by atoms with Crippen LogP contribution in [0, 0.1) is 6.92 Å². The molecule has 0 radical (unpaired) electrons. The number of anilines is 1. The van der Waals surface area contributed by atoms with Crippen LogP contribution in [0.4, 0.5) is 10.5 Å². The van der Waals surface area contributed by atoms with Gasteiger partial charge in [-0.15, -0.1) is 0 Å². The first kappa shape index (κ1) is 17.9. The molecular weight excluding hydrogens is 361 g/mol. The van der Waals surface area contributed by atoms with Crippen LogP contribution >= 0.6 is 23.2 Å². The number of halogens is 2. The summed E-state index contributed by atoms with van der Waals surface area (Å²) in [5.74, 6) is -0.0124. The summed E-state index contributed by atoms with van der Waals surface area (Å²) in [6.07, 6.45) is -0.663.